The van der Waals surface area contributed by atoms with Gasteiger partial charge < -0.3 is 14.5 Å². The number of carbonyl (C=O) groups excluding carboxylic acids is 1. The number of rotatable bonds is 8. The van der Waals surface area contributed by atoms with Crippen LogP contribution in [0.25, 0.3) is 11.0 Å². The number of furan rings is 1. The molecule has 1 heterocycles. The maximum absolute atomic E-state index is 12.4. The molecule has 0 aliphatic heterocycles. The molecule has 2 aromatic carbocycles. The molecule has 1 amide bonds. The molecule has 1 N–H and O–H groups in total. The van der Waals surface area contributed by atoms with Crippen LogP contribution in [0.15, 0.2) is 53.1 Å². The van der Waals surface area contributed by atoms with Crippen molar-refractivity contribution in [2.75, 3.05) is 11.9 Å². The van der Waals surface area contributed by atoms with Crippen LogP contribution in [0.5, 0.6) is 5.75 Å². The SMILES string of the molecule is CCCCOc1ccc(NC(=O)Cc2coc3ccc(CC)cc23)cc1. The summed E-state index contributed by atoms with van der Waals surface area (Å²) in [4.78, 5) is 12.4. The molecule has 0 saturated heterocycles. The van der Waals surface area contributed by atoms with E-state index in [1.165, 1.54) is 5.56 Å². The second-order valence-corrected chi connectivity index (χ2v) is 6.40. The van der Waals surface area contributed by atoms with E-state index >= 15 is 0 Å². The van der Waals surface area contributed by atoms with Crippen molar-refractivity contribution in [3.05, 3.63) is 59.9 Å². The number of amides is 1. The zero-order chi connectivity index (χ0) is 18.4. The molecule has 136 valence electrons. The lowest BCUT2D eigenvalue weighted by Crippen LogP contribution is -2.14. The predicted octanol–water partition coefficient (Wildman–Crippen LogP) is 5.36. The largest absolute Gasteiger partial charge is 0.494 e. The van der Waals surface area contributed by atoms with Crippen LogP contribution < -0.4 is 10.1 Å². The molecule has 0 fully saturated rings. The number of anilines is 1. The number of nitrogens with one attached hydrogen (secondary N) is 1. The Hall–Kier alpha value is -2.75. The molecule has 26 heavy (non-hydrogen) atoms. The highest BCUT2D eigenvalue weighted by atomic mass is 16.5. The summed E-state index contributed by atoms with van der Waals surface area (Å²) in [6, 6.07) is 13.6. The monoisotopic (exact) mass is 351 g/mol. The number of hydrogen-bond acceptors (Lipinski definition) is 3. The van der Waals surface area contributed by atoms with Gasteiger partial charge in [0.05, 0.1) is 19.3 Å². The molecule has 0 atom stereocenters. The smallest absolute Gasteiger partial charge is 0.228 e. The molecule has 0 radical (unpaired) electrons. The molecular formula is C22H25NO3. The Kier molecular flexibility index (Phi) is 5.95. The molecule has 0 bridgehead atoms. The summed E-state index contributed by atoms with van der Waals surface area (Å²) in [5, 5.41) is 3.94. The Morgan fingerprint density at radius 3 is 2.65 bits per heavy atom. The summed E-state index contributed by atoms with van der Waals surface area (Å²) in [5.41, 5.74) is 3.73. The Balaban J connectivity index is 1.62. The minimum absolute atomic E-state index is 0.0609. The van der Waals surface area contributed by atoms with Crippen LogP contribution in [-0.2, 0) is 17.6 Å². The lowest BCUT2D eigenvalue weighted by atomic mass is 10.1. The van der Waals surface area contributed by atoms with E-state index < -0.39 is 0 Å². The first kappa shape index (κ1) is 18.1. The normalized spacial score (nSPS) is 10.8. The van der Waals surface area contributed by atoms with Gasteiger partial charge in [-0.25, -0.2) is 0 Å². The van der Waals surface area contributed by atoms with Gasteiger partial charge in [-0.05, 0) is 54.8 Å². The maximum Gasteiger partial charge on any atom is 0.228 e. The second-order valence-electron chi connectivity index (χ2n) is 6.40. The van der Waals surface area contributed by atoms with Crippen molar-refractivity contribution in [2.45, 2.75) is 39.5 Å². The summed E-state index contributed by atoms with van der Waals surface area (Å²) in [6.45, 7) is 4.97. The third-order valence-electron chi connectivity index (χ3n) is 4.38. The van der Waals surface area contributed by atoms with E-state index in [1.54, 1.807) is 6.26 Å². The first-order chi connectivity index (χ1) is 12.7. The third kappa shape index (κ3) is 4.45. The molecule has 3 aromatic rings. The van der Waals surface area contributed by atoms with Crippen LogP contribution in [0, 0.1) is 0 Å². The Morgan fingerprint density at radius 2 is 1.92 bits per heavy atom. The molecule has 1 aromatic heterocycles. The van der Waals surface area contributed by atoms with Gasteiger partial charge in [0.15, 0.2) is 0 Å². The van der Waals surface area contributed by atoms with E-state index in [1.807, 2.05) is 30.3 Å². The molecular weight excluding hydrogens is 326 g/mol. The average molecular weight is 351 g/mol. The van der Waals surface area contributed by atoms with E-state index in [0.717, 1.165) is 53.8 Å². The number of benzene rings is 2. The van der Waals surface area contributed by atoms with E-state index in [2.05, 4.69) is 31.3 Å². The number of hydrogen-bond donors (Lipinski definition) is 1. The first-order valence-electron chi connectivity index (χ1n) is 9.21. The second kappa shape index (κ2) is 8.56. The lowest BCUT2D eigenvalue weighted by Gasteiger charge is -2.08. The third-order valence-corrected chi connectivity index (χ3v) is 4.38. The van der Waals surface area contributed by atoms with Crippen LogP contribution in [-0.4, -0.2) is 12.5 Å². The van der Waals surface area contributed by atoms with Gasteiger partial charge in [-0.1, -0.05) is 26.3 Å². The van der Waals surface area contributed by atoms with Gasteiger partial charge in [-0.15, -0.1) is 0 Å². The van der Waals surface area contributed by atoms with Crippen LogP contribution >= 0.6 is 0 Å². The van der Waals surface area contributed by atoms with Crippen LogP contribution in [0.1, 0.15) is 37.8 Å². The molecule has 0 unspecified atom stereocenters. The van der Waals surface area contributed by atoms with E-state index in [9.17, 15) is 4.79 Å². The van der Waals surface area contributed by atoms with Gasteiger partial charge in [-0.2, -0.15) is 0 Å². The van der Waals surface area contributed by atoms with Crippen molar-refractivity contribution in [2.24, 2.45) is 0 Å². The van der Waals surface area contributed by atoms with Crippen molar-refractivity contribution < 1.29 is 13.9 Å². The zero-order valence-corrected chi connectivity index (χ0v) is 15.4. The van der Waals surface area contributed by atoms with Gasteiger partial charge in [0, 0.05) is 16.6 Å². The summed E-state index contributed by atoms with van der Waals surface area (Å²) < 4.78 is 11.2. The van der Waals surface area contributed by atoms with Crippen molar-refractivity contribution in [3.8, 4) is 5.75 Å². The first-order valence-corrected chi connectivity index (χ1v) is 9.21. The lowest BCUT2D eigenvalue weighted by molar-refractivity contribution is -0.115. The molecule has 0 aliphatic carbocycles. The van der Waals surface area contributed by atoms with Gasteiger partial charge in [-0.3, -0.25) is 4.79 Å². The highest BCUT2D eigenvalue weighted by molar-refractivity contribution is 5.95. The number of aryl methyl sites for hydroxylation is 1. The van der Waals surface area contributed by atoms with Gasteiger partial charge in [0.2, 0.25) is 5.91 Å². The number of unbranched alkanes of at least 4 members (excludes halogenated alkanes) is 1. The summed E-state index contributed by atoms with van der Waals surface area (Å²) >= 11 is 0. The summed E-state index contributed by atoms with van der Waals surface area (Å²) in [6.07, 6.45) is 5.07. The molecule has 0 saturated carbocycles. The quantitative estimate of drug-likeness (QED) is 0.556. The predicted molar refractivity (Wildman–Crippen MR) is 105 cm³/mol. The summed E-state index contributed by atoms with van der Waals surface area (Å²) in [5.74, 6) is 0.763. The fraction of sp³-hybridized carbons (Fsp3) is 0.318. The Labute approximate surface area is 154 Å². The van der Waals surface area contributed by atoms with E-state index in [4.69, 9.17) is 9.15 Å². The number of fused-ring (bicyclic) bond motifs is 1. The maximum atomic E-state index is 12.4. The highest BCUT2D eigenvalue weighted by Gasteiger charge is 2.11. The number of ether oxygens (including phenoxy) is 1. The van der Waals surface area contributed by atoms with E-state index in [-0.39, 0.29) is 12.3 Å². The molecule has 4 nitrogen and oxygen atoms in total. The van der Waals surface area contributed by atoms with Crippen molar-refractivity contribution in [1.29, 1.82) is 0 Å². The highest BCUT2D eigenvalue weighted by Crippen LogP contribution is 2.24. The van der Waals surface area contributed by atoms with Gasteiger partial charge in [0.25, 0.3) is 0 Å². The number of carbonyl (C=O) groups is 1. The topological polar surface area (TPSA) is 51.5 Å². The zero-order valence-electron chi connectivity index (χ0n) is 15.4. The van der Waals surface area contributed by atoms with Crippen LogP contribution in [0.2, 0.25) is 0 Å². The summed E-state index contributed by atoms with van der Waals surface area (Å²) in [7, 11) is 0. The molecule has 0 spiro atoms. The van der Waals surface area contributed by atoms with Gasteiger partial charge in [0.1, 0.15) is 11.3 Å². The minimum Gasteiger partial charge on any atom is -0.494 e. The fourth-order valence-corrected chi connectivity index (χ4v) is 2.83. The van der Waals surface area contributed by atoms with Gasteiger partial charge >= 0.3 is 0 Å². The Bertz CT molecular complexity index is 865. The van der Waals surface area contributed by atoms with Crippen molar-refractivity contribution in [1.82, 2.24) is 0 Å². The van der Waals surface area contributed by atoms with E-state index in [0.29, 0.717) is 0 Å². The van der Waals surface area contributed by atoms with Crippen molar-refractivity contribution >= 4 is 22.6 Å². The minimum atomic E-state index is -0.0609. The van der Waals surface area contributed by atoms with Crippen LogP contribution in [0.3, 0.4) is 0 Å². The fourth-order valence-electron chi connectivity index (χ4n) is 2.83. The van der Waals surface area contributed by atoms with Crippen molar-refractivity contribution in [3.63, 3.8) is 0 Å². The standard InChI is InChI=1S/C22H25NO3/c1-3-5-12-25-19-9-7-18(8-10-19)23-22(24)14-17-15-26-21-11-6-16(4-2)13-20(17)21/h6-11,13,15H,3-5,12,14H2,1-2H3,(H,23,24). The molecule has 4 heteroatoms. The molecule has 0 aliphatic rings. The molecule has 3 rings (SSSR count). The van der Waals surface area contributed by atoms with Crippen LogP contribution in [0.4, 0.5) is 5.69 Å². The Morgan fingerprint density at radius 1 is 1.12 bits per heavy atom. The average Bonchev–Trinajstić information content (AvgIpc) is 3.05.